The van der Waals surface area contributed by atoms with Crippen molar-refractivity contribution in [1.29, 1.82) is 0 Å². The van der Waals surface area contributed by atoms with Gasteiger partial charge in [0.25, 0.3) is 5.91 Å². The maximum Gasteiger partial charge on any atom is 0.319 e. The molecule has 0 unspecified atom stereocenters. The van der Waals surface area contributed by atoms with E-state index >= 15 is 0 Å². The first kappa shape index (κ1) is 18.6. The van der Waals surface area contributed by atoms with E-state index in [-0.39, 0.29) is 11.9 Å². The SMILES string of the molecule is CCNC(=O)c1ccc(NC(=O)NCCOc2ccc(Cl)cc2)cc1. The largest absolute Gasteiger partial charge is 0.492 e. The summed E-state index contributed by atoms with van der Waals surface area (Å²) in [6.07, 6.45) is 0. The first-order valence-electron chi connectivity index (χ1n) is 7.90. The number of rotatable bonds is 7. The summed E-state index contributed by atoms with van der Waals surface area (Å²) in [7, 11) is 0. The topological polar surface area (TPSA) is 79.5 Å². The molecule has 0 atom stereocenters. The van der Waals surface area contributed by atoms with Crippen LogP contribution in [-0.2, 0) is 0 Å². The number of urea groups is 1. The first-order valence-corrected chi connectivity index (χ1v) is 8.27. The van der Waals surface area contributed by atoms with Crippen LogP contribution in [0.15, 0.2) is 48.5 Å². The maximum absolute atomic E-state index is 11.8. The molecule has 0 saturated carbocycles. The molecule has 0 saturated heterocycles. The number of benzene rings is 2. The molecule has 2 aromatic rings. The van der Waals surface area contributed by atoms with E-state index in [4.69, 9.17) is 16.3 Å². The summed E-state index contributed by atoms with van der Waals surface area (Å²) in [6.45, 7) is 3.12. The van der Waals surface area contributed by atoms with Gasteiger partial charge in [0.2, 0.25) is 0 Å². The third-order valence-electron chi connectivity index (χ3n) is 3.21. The zero-order chi connectivity index (χ0) is 18.1. The van der Waals surface area contributed by atoms with E-state index < -0.39 is 0 Å². The van der Waals surface area contributed by atoms with Gasteiger partial charge < -0.3 is 20.7 Å². The van der Waals surface area contributed by atoms with Gasteiger partial charge in [0.15, 0.2) is 0 Å². The van der Waals surface area contributed by atoms with Crippen LogP contribution in [0.2, 0.25) is 5.02 Å². The number of hydrogen-bond acceptors (Lipinski definition) is 3. The van der Waals surface area contributed by atoms with Gasteiger partial charge in [-0.3, -0.25) is 4.79 Å². The molecule has 0 aromatic heterocycles. The van der Waals surface area contributed by atoms with Gasteiger partial charge in [-0.2, -0.15) is 0 Å². The van der Waals surface area contributed by atoms with E-state index in [9.17, 15) is 9.59 Å². The van der Waals surface area contributed by atoms with Gasteiger partial charge in [-0.1, -0.05) is 11.6 Å². The molecular formula is C18H20ClN3O3. The Balaban J connectivity index is 1.71. The first-order chi connectivity index (χ1) is 12.1. The standard InChI is InChI=1S/C18H20ClN3O3/c1-2-20-17(23)13-3-7-15(8-4-13)22-18(24)21-11-12-25-16-9-5-14(19)6-10-16/h3-10H,2,11-12H2,1H3,(H,20,23)(H2,21,22,24). The van der Waals surface area contributed by atoms with Crippen LogP contribution < -0.4 is 20.7 Å². The van der Waals surface area contributed by atoms with Crippen LogP contribution in [0, 0.1) is 0 Å². The minimum atomic E-state index is -0.342. The average Bonchev–Trinajstić information content (AvgIpc) is 2.61. The third kappa shape index (κ3) is 6.35. The number of ether oxygens (including phenoxy) is 1. The molecule has 7 heteroatoms. The van der Waals surface area contributed by atoms with E-state index in [0.717, 1.165) is 0 Å². The summed E-state index contributed by atoms with van der Waals surface area (Å²) >= 11 is 5.79. The monoisotopic (exact) mass is 361 g/mol. The number of carbonyl (C=O) groups excluding carboxylic acids is 2. The second-order valence-electron chi connectivity index (χ2n) is 5.12. The lowest BCUT2D eigenvalue weighted by molar-refractivity contribution is 0.0956. The fourth-order valence-electron chi connectivity index (χ4n) is 2.01. The van der Waals surface area contributed by atoms with Crippen LogP contribution in [0.4, 0.5) is 10.5 Å². The van der Waals surface area contributed by atoms with Crippen molar-refractivity contribution >= 4 is 29.2 Å². The Morgan fingerprint density at radius 2 is 1.68 bits per heavy atom. The van der Waals surface area contributed by atoms with Crippen molar-refractivity contribution < 1.29 is 14.3 Å². The Kier molecular flexibility index (Phi) is 7.10. The predicted octanol–water partition coefficient (Wildman–Crippen LogP) is 3.29. The number of anilines is 1. The normalized spacial score (nSPS) is 10.0. The number of halogens is 1. The zero-order valence-electron chi connectivity index (χ0n) is 13.8. The minimum absolute atomic E-state index is 0.141. The summed E-state index contributed by atoms with van der Waals surface area (Å²) in [4.78, 5) is 23.5. The van der Waals surface area contributed by atoms with Crippen LogP contribution in [0.3, 0.4) is 0 Å². The molecule has 0 fully saturated rings. The zero-order valence-corrected chi connectivity index (χ0v) is 14.6. The van der Waals surface area contributed by atoms with Crippen LogP contribution >= 0.6 is 11.6 Å². The number of nitrogens with one attached hydrogen (secondary N) is 3. The van der Waals surface area contributed by atoms with Crippen LogP contribution in [-0.4, -0.2) is 31.6 Å². The fraction of sp³-hybridized carbons (Fsp3) is 0.222. The fourth-order valence-corrected chi connectivity index (χ4v) is 2.13. The molecule has 0 aliphatic heterocycles. The van der Waals surface area contributed by atoms with E-state index in [0.29, 0.717) is 41.7 Å². The predicted molar refractivity (Wildman–Crippen MR) is 98.4 cm³/mol. The molecule has 132 valence electrons. The minimum Gasteiger partial charge on any atom is -0.492 e. The highest BCUT2D eigenvalue weighted by Gasteiger charge is 2.05. The smallest absolute Gasteiger partial charge is 0.319 e. The highest BCUT2D eigenvalue weighted by molar-refractivity contribution is 6.30. The van der Waals surface area contributed by atoms with Gasteiger partial charge in [0.1, 0.15) is 12.4 Å². The molecule has 0 radical (unpaired) electrons. The van der Waals surface area contributed by atoms with Crippen molar-refractivity contribution in [2.45, 2.75) is 6.92 Å². The Bertz CT molecular complexity index is 703. The second-order valence-corrected chi connectivity index (χ2v) is 5.56. The summed E-state index contributed by atoms with van der Waals surface area (Å²) in [5.74, 6) is 0.547. The Labute approximate surface area is 151 Å². The molecule has 25 heavy (non-hydrogen) atoms. The second kappa shape index (κ2) is 9.54. The molecule has 3 amide bonds. The van der Waals surface area contributed by atoms with E-state index in [1.807, 2.05) is 6.92 Å². The van der Waals surface area contributed by atoms with Gasteiger partial charge in [0.05, 0.1) is 6.54 Å². The lowest BCUT2D eigenvalue weighted by Crippen LogP contribution is -2.32. The molecule has 0 aliphatic carbocycles. The van der Waals surface area contributed by atoms with E-state index in [1.165, 1.54) is 0 Å². The third-order valence-corrected chi connectivity index (χ3v) is 3.46. The van der Waals surface area contributed by atoms with Crippen LogP contribution in [0.5, 0.6) is 5.75 Å². The van der Waals surface area contributed by atoms with Crippen LogP contribution in [0.1, 0.15) is 17.3 Å². The maximum atomic E-state index is 11.8. The highest BCUT2D eigenvalue weighted by atomic mass is 35.5. The van der Waals surface area contributed by atoms with Crippen molar-refractivity contribution in [2.24, 2.45) is 0 Å². The average molecular weight is 362 g/mol. The molecule has 0 aliphatic rings. The number of carbonyl (C=O) groups is 2. The quantitative estimate of drug-likeness (QED) is 0.662. The van der Waals surface area contributed by atoms with Crippen LogP contribution in [0.25, 0.3) is 0 Å². The molecule has 0 bridgehead atoms. The van der Waals surface area contributed by atoms with Gasteiger partial charge in [-0.15, -0.1) is 0 Å². The number of amides is 3. The van der Waals surface area contributed by atoms with Gasteiger partial charge in [-0.25, -0.2) is 4.79 Å². The molecular weight excluding hydrogens is 342 g/mol. The van der Waals surface area contributed by atoms with Crippen molar-refractivity contribution in [3.63, 3.8) is 0 Å². The summed E-state index contributed by atoms with van der Waals surface area (Å²) in [6, 6.07) is 13.3. The molecule has 6 nitrogen and oxygen atoms in total. The highest BCUT2D eigenvalue weighted by Crippen LogP contribution is 2.15. The van der Waals surface area contributed by atoms with E-state index in [1.54, 1.807) is 48.5 Å². The summed E-state index contributed by atoms with van der Waals surface area (Å²) < 4.78 is 5.48. The number of hydrogen-bond donors (Lipinski definition) is 3. The Morgan fingerprint density at radius 1 is 1.00 bits per heavy atom. The Morgan fingerprint density at radius 3 is 2.32 bits per heavy atom. The lowest BCUT2D eigenvalue weighted by atomic mass is 10.2. The molecule has 2 aromatic carbocycles. The molecule has 0 spiro atoms. The van der Waals surface area contributed by atoms with Crippen molar-refractivity contribution in [2.75, 3.05) is 25.0 Å². The van der Waals surface area contributed by atoms with Gasteiger partial charge >= 0.3 is 6.03 Å². The lowest BCUT2D eigenvalue weighted by Gasteiger charge is -2.09. The Hall–Kier alpha value is -2.73. The van der Waals surface area contributed by atoms with Gasteiger partial charge in [0, 0.05) is 22.8 Å². The summed E-state index contributed by atoms with van der Waals surface area (Å²) in [5, 5.41) is 8.74. The summed E-state index contributed by atoms with van der Waals surface area (Å²) in [5.41, 5.74) is 1.15. The van der Waals surface area contributed by atoms with E-state index in [2.05, 4.69) is 16.0 Å². The molecule has 3 N–H and O–H groups in total. The molecule has 0 heterocycles. The van der Waals surface area contributed by atoms with Crippen molar-refractivity contribution in [1.82, 2.24) is 10.6 Å². The van der Waals surface area contributed by atoms with Crippen molar-refractivity contribution in [3.05, 3.63) is 59.1 Å². The van der Waals surface area contributed by atoms with Crippen molar-refractivity contribution in [3.8, 4) is 5.75 Å². The van der Waals surface area contributed by atoms with Gasteiger partial charge in [-0.05, 0) is 55.5 Å². The molecule has 2 rings (SSSR count).